The summed E-state index contributed by atoms with van der Waals surface area (Å²) in [5, 5.41) is 0. The molecule has 1 saturated heterocycles. The minimum Gasteiger partial charge on any atom is -0.492 e. The maximum Gasteiger partial charge on any atom is 0.345 e. The van der Waals surface area contributed by atoms with Crippen LogP contribution in [0.2, 0.25) is 0 Å². The van der Waals surface area contributed by atoms with Crippen LogP contribution >= 0.6 is 0 Å². The summed E-state index contributed by atoms with van der Waals surface area (Å²) in [7, 11) is 0. The second-order valence-corrected chi connectivity index (χ2v) is 3.89. The number of benzene rings is 1. The van der Waals surface area contributed by atoms with Crippen molar-refractivity contribution >= 4 is 11.9 Å². The van der Waals surface area contributed by atoms with Gasteiger partial charge in [0.25, 0.3) is 5.91 Å². The Balaban J connectivity index is 1.97. The number of hydroxylamine groups is 1. The number of carbonyl (C=O) groups is 2. The van der Waals surface area contributed by atoms with Gasteiger partial charge in [0.05, 0.1) is 0 Å². The van der Waals surface area contributed by atoms with Crippen molar-refractivity contribution in [3.8, 4) is 5.75 Å². The Hall–Kier alpha value is -2.08. The molecule has 6 heteroatoms. The molecule has 1 heterocycles. The van der Waals surface area contributed by atoms with Crippen molar-refractivity contribution in [1.29, 1.82) is 0 Å². The van der Waals surface area contributed by atoms with E-state index in [4.69, 9.17) is 10.5 Å². The molecule has 1 unspecified atom stereocenters. The predicted molar refractivity (Wildman–Crippen MR) is 61.3 cm³/mol. The molecule has 0 bridgehead atoms. The molecule has 1 amide bonds. The van der Waals surface area contributed by atoms with Crippen molar-refractivity contribution in [3.63, 3.8) is 0 Å². The molecular weight excluding hydrogens is 236 g/mol. The van der Waals surface area contributed by atoms with Crippen molar-refractivity contribution in [2.45, 2.75) is 6.42 Å². The molecule has 1 aliphatic rings. The van der Waals surface area contributed by atoms with E-state index in [1.165, 1.54) is 0 Å². The highest BCUT2D eigenvalue weighted by Gasteiger charge is 2.35. The summed E-state index contributed by atoms with van der Waals surface area (Å²) in [5.41, 5.74) is 9.87. The fourth-order valence-corrected chi connectivity index (χ4v) is 1.65. The van der Waals surface area contributed by atoms with Gasteiger partial charge >= 0.3 is 5.97 Å². The fourth-order valence-electron chi connectivity index (χ4n) is 1.65. The Bertz CT molecular complexity index is 428. The third kappa shape index (κ3) is 2.78. The standard InChI is InChI=1S/C12H13N2O4/c13-5-6-17-9-3-1-8(2-4-9)7-10-11(15)14-18-12(10)16/h1-4,10,13H,5-7H2,(H,14,15). The molecule has 95 valence electrons. The zero-order valence-corrected chi connectivity index (χ0v) is 9.64. The molecule has 2 N–H and O–H groups in total. The number of hydrogen-bond acceptors (Lipinski definition) is 4. The first-order valence-corrected chi connectivity index (χ1v) is 5.57. The smallest absolute Gasteiger partial charge is 0.345 e. The highest BCUT2D eigenvalue weighted by atomic mass is 16.7. The molecule has 1 aromatic carbocycles. The van der Waals surface area contributed by atoms with Gasteiger partial charge in [-0.15, -0.1) is 0 Å². The maximum atomic E-state index is 11.3. The predicted octanol–water partition coefficient (Wildman–Crippen LogP) is 0.0950. The van der Waals surface area contributed by atoms with E-state index in [0.29, 0.717) is 18.8 Å². The fraction of sp³-hybridized carbons (Fsp3) is 0.333. The van der Waals surface area contributed by atoms with Crippen LogP contribution in [0, 0.1) is 5.92 Å². The van der Waals surface area contributed by atoms with Crippen LogP contribution in [-0.2, 0) is 20.8 Å². The van der Waals surface area contributed by atoms with Crippen LogP contribution < -0.4 is 16.0 Å². The molecule has 1 aliphatic heterocycles. The number of rotatable bonds is 5. The van der Waals surface area contributed by atoms with Crippen molar-refractivity contribution in [3.05, 3.63) is 29.8 Å². The topological polar surface area (TPSA) is 88.4 Å². The van der Waals surface area contributed by atoms with Crippen molar-refractivity contribution in [2.24, 2.45) is 5.92 Å². The average Bonchev–Trinajstić information content (AvgIpc) is 2.70. The monoisotopic (exact) mass is 249 g/mol. The lowest BCUT2D eigenvalue weighted by atomic mass is 9.99. The summed E-state index contributed by atoms with van der Waals surface area (Å²) < 4.78 is 5.26. The van der Waals surface area contributed by atoms with Crippen LogP contribution in [0.25, 0.3) is 0 Å². The molecule has 6 nitrogen and oxygen atoms in total. The molecular formula is C12H13N2O4. The van der Waals surface area contributed by atoms with E-state index in [-0.39, 0.29) is 6.54 Å². The summed E-state index contributed by atoms with van der Waals surface area (Å²) >= 11 is 0. The minimum absolute atomic E-state index is 0.204. The van der Waals surface area contributed by atoms with Gasteiger partial charge in [-0.25, -0.2) is 4.79 Å². The second-order valence-electron chi connectivity index (χ2n) is 3.89. The van der Waals surface area contributed by atoms with E-state index < -0.39 is 17.8 Å². The van der Waals surface area contributed by atoms with Crippen molar-refractivity contribution < 1.29 is 19.2 Å². The van der Waals surface area contributed by atoms with Crippen LogP contribution in [0.3, 0.4) is 0 Å². The molecule has 2 rings (SSSR count). The number of amides is 1. The lowest BCUT2D eigenvalue weighted by Crippen LogP contribution is -2.21. The zero-order chi connectivity index (χ0) is 13.0. The third-order valence-electron chi connectivity index (χ3n) is 2.59. The Labute approximate surface area is 104 Å². The summed E-state index contributed by atoms with van der Waals surface area (Å²) in [4.78, 5) is 27.0. The zero-order valence-electron chi connectivity index (χ0n) is 9.64. The molecule has 1 fully saturated rings. The number of ether oxygens (including phenoxy) is 1. The quantitative estimate of drug-likeness (QED) is 0.749. The normalized spacial score (nSPS) is 18.4. The lowest BCUT2D eigenvalue weighted by Gasteiger charge is -2.06. The van der Waals surface area contributed by atoms with Crippen LogP contribution in [0.4, 0.5) is 0 Å². The molecule has 18 heavy (non-hydrogen) atoms. The van der Waals surface area contributed by atoms with Gasteiger partial charge in [0, 0.05) is 6.54 Å². The van der Waals surface area contributed by atoms with E-state index in [1.807, 2.05) is 5.48 Å². The van der Waals surface area contributed by atoms with Crippen molar-refractivity contribution in [1.82, 2.24) is 11.2 Å². The van der Waals surface area contributed by atoms with E-state index in [0.717, 1.165) is 5.56 Å². The molecule has 1 atom stereocenters. The van der Waals surface area contributed by atoms with Gasteiger partial charge in [0.1, 0.15) is 18.3 Å². The van der Waals surface area contributed by atoms with Crippen LogP contribution in [0.1, 0.15) is 5.56 Å². The molecule has 0 aromatic heterocycles. The first-order valence-electron chi connectivity index (χ1n) is 5.57. The van der Waals surface area contributed by atoms with E-state index in [2.05, 4.69) is 4.84 Å². The number of hydrogen-bond donors (Lipinski definition) is 1. The van der Waals surface area contributed by atoms with Gasteiger partial charge < -0.3 is 9.57 Å². The van der Waals surface area contributed by atoms with E-state index in [9.17, 15) is 9.59 Å². The summed E-state index contributed by atoms with van der Waals surface area (Å²) in [6.07, 6.45) is 0.309. The Morgan fingerprint density at radius 3 is 2.56 bits per heavy atom. The van der Waals surface area contributed by atoms with Crippen LogP contribution in [0.15, 0.2) is 24.3 Å². The number of nitrogens with one attached hydrogen (secondary N) is 2. The lowest BCUT2D eigenvalue weighted by molar-refractivity contribution is -0.146. The maximum absolute atomic E-state index is 11.3. The Morgan fingerprint density at radius 1 is 1.28 bits per heavy atom. The van der Waals surface area contributed by atoms with Gasteiger partial charge in [-0.3, -0.25) is 10.5 Å². The SMILES string of the molecule is [NH]CCOc1ccc(CC2C(=O)NOC2=O)cc1. The van der Waals surface area contributed by atoms with Gasteiger partial charge in [0.15, 0.2) is 0 Å². The first-order chi connectivity index (χ1) is 8.70. The molecule has 0 aliphatic carbocycles. The van der Waals surface area contributed by atoms with E-state index in [1.54, 1.807) is 24.3 Å². The van der Waals surface area contributed by atoms with Crippen LogP contribution in [-0.4, -0.2) is 25.0 Å². The summed E-state index contributed by atoms with van der Waals surface area (Å²) in [6.45, 7) is 0.548. The Morgan fingerprint density at radius 2 is 2.00 bits per heavy atom. The molecule has 1 aromatic rings. The minimum atomic E-state index is -0.773. The van der Waals surface area contributed by atoms with E-state index >= 15 is 0 Å². The highest BCUT2D eigenvalue weighted by Crippen LogP contribution is 2.17. The first kappa shape index (κ1) is 12.4. The highest BCUT2D eigenvalue weighted by molar-refractivity contribution is 6.01. The Kier molecular flexibility index (Phi) is 3.78. The molecule has 0 saturated carbocycles. The number of carbonyl (C=O) groups excluding carboxylic acids is 2. The van der Waals surface area contributed by atoms with Gasteiger partial charge in [-0.1, -0.05) is 12.1 Å². The van der Waals surface area contributed by atoms with Crippen molar-refractivity contribution in [2.75, 3.05) is 13.2 Å². The van der Waals surface area contributed by atoms with Gasteiger partial charge in [-0.05, 0) is 24.1 Å². The van der Waals surface area contributed by atoms with Gasteiger partial charge in [0.2, 0.25) is 0 Å². The summed E-state index contributed by atoms with van der Waals surface area (Å²) in [6, 6.07) is 7.09. The molecule has 0 spiro atoms. The third-order valence-corrected chi connectivity index (χ3v) is 2.59. The van der Waals surface area contributed by atoms with Gasteiger partial charge in [-0.2, -0.15) is 5.48 Å². The summed E-state index contributed by atoms with van der Waals surface area (Å²) in [5.74, 6) is -1.06. The molecule has 1 radical (unpaired) electrons. The largest absolute Gasteiger partial charge is 0.492 e. The average molecular weight is 249 g/mol. The van der Waals surface area contributed by atoms with Crippen LogP contribution in [0.5, 0.6) is 5.75 Å². The second kappa shape index (κ2) is 5.50.